The fourth-order valence-electron chi connectivity index (χ4n) is 3.17. The highest BCUT2D eigenvalue weighted by molar-refractivity contribution is 6.14. The van der Waals surface area contributed by atoms with Crippen LogP contribution in [0.15, 0.2) is 73.1 Å². The summed E-state index contributed by atoms with van der Waals surface area (Å²) in [5.41, 5.74) is 9.95. The average Bonchev–Trinajstić information content (AvgIpc) is 3.30. The van der Waals surface area contributed by atoms with Gasteiger partial charge < -0.3 is 11.1 Å². The summed E-state index contributed by atoms with van der Waals surface area (Å²) in [4.78, 5) is 16.5. The Labute approximate surface area is 177 Å². The maximum absolute atomic E-state index is 13.0. The number of carbonyl (C=O) groups is 1. The summed E-state index contributed by atoms with van der Waals surface area (Å²) in [7, 11) is 0. The number of aromatic amines is 1. The number of amides is 1. The predicted molar refractivity (Wildman–Crippen MR) is 117 cm³/mol. The van der Waals surface area contributed by atoms with Crippen molar-refractivity contribution in [1.29, 1.82) is 5.41 Å². The van der Waals surface area contributed by atoms with E-state index in [0.29, 0.717) is 33.9 Å². The number of benzene rings is 3. The highest BCUT2D eigenvalue weighted by Gasteiger charge is 2.13. The largest absolute Gasteiger partial charge is 0.398 e. The monoisotopic (exact) mass is 414 g/mol. The maximum atomic E-state index is 13.0. The van der Waals surface area contributed by atoms with E-state index in [1.807, 2.05) is 0 Å². The Hall–Kier alpha value is -4.33. The average molecular weight is 414 g/mol. The van der Waals surface area contributed by atoms with Crippen LogP contribution < -0.4 is 11.1 Å². The van der Waals surface area contributed by atoms with Gasteiger partial charge in [0.1, 0.15) is 12.1 Å². The van der Waals surface area contributed by atoms with Gasteiger partial charge in [-0.2, -0.15) is 5.10 Å². The predicted octanol–water partition coefficient (Wildman–Crippen LogP) is 3.79. The fraction of sp³-hybridized carbons (Fsp3) is 0.0435. The molecule has 0 bridgehead atoms. The summed E-state index contributed by atoms with van der Waals surface area (Å²) < 4.78 is 13.0. The highest BCUT2D eigenvalue weighted by Crippen LogP contribution is 2.24. The lowest BCUT2D eigenvalue weighted by Gasteiger charge is -2.11. The Bertz CT molecular complexity index is 1240. The molecule has 3 aromatic carbocycles. The standard InChI is InChI=1S/C23H19FN6O/c24-17-7-4-14(5-8-17)10-21(31)29-18-3-1-2-15(11-18)22(26)19-12-16(6-9-20(19)25)23-27-13-28-30-23/h1-9,11-13,26H,10,25H2,(H,29,31)(H,27,28,30). The zero-order valence-electron chi connectivity index (χ0n) is 16.4. The van der Waals surface area contributed by atoms with E-state index in [1.165, 1.54) is 18.5 Å². The molecule has 4 rings (SSSR count). The van der Waals surface area contributed by atoms with Gasteiger partial charge in [0.2, 0.25) is 5.91 Å². The molecule has 0 saturated carbocycles. The number of hydrogen-bond donors (Lipinski definition) is 4. The van der Waals surface area contributed by atoms with E-state index < -0.39 is 0 Å². The zero-order valence-corrected chi connectivity index (χ0v) is 16.4. The Kier molecular flexibility index (Phi) is 5.53. The fourth-order valence-corrected chi connectivity index (χ4v) is 3.17. The molecule has 0 radical (unpaired) electrons. The number of aromatic nitrogens is 3. The van der Waals surface area contributed by atoms with Gasteiger partial charge >= 0.3 is 0 Å². The van der Waals surface area contributed by atoms with Crippen LogP contribution >= 0.6 is 0 Å². The van der Waals surface area contributed by atoms with E-state index in [4.69, 9.17) is 11.1 Å². The van der Waals surface area contributed by atoms with E-state index in [-0.39, 0.29) is 23.9 Å². The molecule has 1 heterocycles. The van der Waals surface area contributed by atoms with Gasteiger partial charge in [0, 0.05) is 28.1 Å². The number of nitrogen functional groups attached to an aromatic ring is 1. The molecule has 7 nitrogen and oxygen atoms in total. The zero-order chi connectivity index (χ0) is 21.8. The van der Waals surface area contributed by atoms with E-state index in [1.54, 1.807) is 54.6 Å². The third-order valence-corrected chi connectivity index (χ3v) is 4.72. The molecule has 0 aliphatic carbocycles. The van der Waals surface area contributed by atoms with Crippen molar-refractivity contribution >= 4 is 23.0 Å². The summed E-state index contributed by atoms with van der Waals surface area (Å²) in [5, 5.41) is 18.1. The number of nitrogens with two attached hydrogens (primary N) is 1. The molecule has 0 unspecified atom stereocenters. The molecule has 154 valence electrons. The molecular weight excluding hydrogens is 395 g/mol. The van der Waals surface area contributed by atoms with Crippen LogP contribution in [0.2, 0.25) is 0 Å². The van der Waals surface area contributed by atoms with Gasteiger partial charge in [-0.25, -0.2) is 9.37 Å². The summed E-state index contributed by atoms with van der Waals surface area (Å²) in [6, 6.07) is 18.1. The summed E-state index contributed by atoms with van der Waals surface area (Å²) in [5.74, 6) is 0.00000107. The molecule has 1 amide bonds. The lowest BCUT2D eigenvalue weighted by atomic mass is 9.98. The minimum absolute atomic E-state index is 0.119. The molecule has 5 N–H and O–H groups in total. The minimum Gasteiger partial charge on any atom is -0.398 e. The van der Waals surface area contributed by atoms with Gasteiger partial charge in [-0.3, -0.25) is 15.3 Å². The second kappa shape index (κ2) is 8.58. The van der Waals surface area contributed by atoms with Crippen molar-refractivity contribution in [3.63, 3.8) is 0 Å². The Morgan fingerprint density at radius 3 is 2.65 bits per heavy atom. The summed E-state index contributed by atoms with van der Waals surface area (Å²) in [6.45, 7) is 0. The van der Waals surface area contributed by atoms with Gasteiger partial charge in [-0.15, -0.1) is 0 Å². The second-order valence-corrected chi connectivity index (χ2v) is 6.94. The van der Waals surface area contributed by atoms with Crippen molar-refractivity contribution < 1.29 is 9.18 Å². The Morgan fingerprint density at radius 2 is 1.90 bits per heavy atom. The molecule has 0 atom stereocenters. The Morgan fingerprint density at radius 1 is 1.10 bits per heavy atom. The minimum atomic E-state index is -0.345. The van der Waals surface area contributed by atoms with Crippen molar-refractivity contribution in [3.05, 3.63) is 95.6 Å². The first-order chi connectivity index (χ1) is 15.0. The lowest BCUT2D eigenvalue weighted by molar-refractivity contribution is -0.115. The smallest absolute Gasteiger partial charge is 0.228 e. The molecule has 0 spiro atoms. The first kappa shape index (κ1) is 20.0. The van der Waals surface area contributed by atoms with Gasteiger partial charge in [-0.1, -0.05) is 24.3 Å². The molecule has 0 fully saturated rings. The van der Waals surface area contributed by atoms with Gasteiger partial charge in [0.15, 0.2) is 5.82 Å². The number of halogens is 1. The molecule has 4 aromatic rings. The number of hydrogen-bond acceptors (Lipinski definition) is 5. The van der Waals surface area contributed by atoms with Crippen LogP contribution in [-0.4, -0.2) is 26.8 Å². The normalized spacial score (nSPS) is 10.6. The molecule has 0 saturated heterocycles. The highest BCUT2D eigenvalue weighted by atomic mass is 19.1. The SMILES string of the molecule is N=C(c1cccc(NC(=O)Cc2ccc(F)cc2)c1)c1cc(-c2ncn[nH]2)ccc1N. The summed E-state index contributed by atoms with van der Waals surface area (Å²) >= 11 is 0. The van der Waals surface area contributed by atoms with E-state index in [0.717, 1.165) is 5.56 Å². The number of nitrogens with zero attached hydrogens (tertiary/aromatic N) is 2. The molecule has 0 aliphatic rings. The third-order valence-electron chi connectivity index (χ3n) is 4.72. The molecular formula is C23H19FN6O. The van der Waals surface area contributed by atoms with E-state index in [9.17, 15) is 9.18 Å². The number of H-pyrrole nitrogens is 1. The number of nitrogens with one attached hydrogen (secondary N) is 3. The van der Waals surface area contributed by atoms with Crippen molar-refractivity contribution in [2.75, 3.05) is 11.1 Å². The van der Waals surface area contributed by atoms with Crippen LogP contribution in [0.4, 0.5) is 15.8 Å². The molecule has 31 heavy (non-hydrogen) atoms. The maximum Gasteiger partial charge on any atom is 0.228 e. The molecule has 0 aliphatic heterocycles. The van der Waals surface area contributed by atoms with Gasteiger partial charge in [-0.05, 0) is 48.0 Å². The number of carbonyl (C=O) groups excluding carboxylic acids is 1. The Balaban J connectivity index is 1.53. The molecule has 8 heteroatoms. The van der Waals surface area contributed by atoms with Gasteiger partial charge in [0.25, 0.3) is 0 Å². The molecule has 1 aromatic heterocycles. The van der Waals surface area contributed by atoms with Crippen molar-refractivity contribution in [2.45, 2.75) is 6.42 Å². The van der Waals surface area contributed by atoms with Crippen LogP contribution in [0.25, 0.3) is 11.4 Å². The van der Waals surface area contributed by atoms with E-state index >= 15 is 0 Å². The topological polar surface area (TPSA) is 121 Å². The first-order valence-corrected chi connectivity index (χ1v) is 9.48. The number of anilines is 2. The first-order valence-electron chi connectivity index (χ1n) is 9.48. The summed E-state index contributed by atoms with van der Waals surface area (Å²) in [6.07, 6.45) is 1.53. The lowest BCUT2D eigenvalue weighted by Crippen LogP contribution is -2.15. The second-order valence-electron chi connectivity index (χ2n) is 6.94. The van der Waals surface area contributed by atoms with Crippen molar-refractivity contribution in [3.8, 4) is 11.4 Å². The third kappa shape index (κ3) is 4.64. The van der Waals surface area contributed by atoms with Crippen LogP contribution in [-0.2, 0) is 11.2 Å². The van der Waals surface area contributed by atoms with Crippen LogP contribution in [0.5, 0.6) is 0 Å². The van der Waals surface area contributed by atoms with Crippen molar-refractivity contribution in [2.24, 2.45) is 0 Å². The van der Waals surface area contributed by atoms with Crippen LogP contribution in [0.3, 0.4) is 0 Å². The van der Waals surface area contributed by atoms with Crippen LogP contribution in [0.1, 0.15) is 16.7 Å². The van der Waals surface area contributed by atoms with Crippen molar-refractivity contribution in [1.82, 2.24) is 15.2 Å². The van der Waals surface area contributed by atoms with Gasteiger partial charge in [0.05, 0.1) is 12.1 Å². The number of rotatable bonds is 6. The van der Waals surface area contributed by atoms with E-state index in [2.05, 4.69) is 20.5 Å². The quantitative estimate of drug-likeness (QED) is 0.283. The van der Waals surface area contributed by atoms with Crippen LogP contribution in [0, 0.1) is 11.2 Å².